The zero-order valence-corrected chi connectivity index (χ0v) is 27.0. The molecule has 0 spiro atoms. The van der Waals surface area contributed by atoms with Gasteiger partial charge in [0.1, 0.15) is 5.75 Å². The second-order valence-electron chi connectivity index (χ2n) is 10.4. The molecule has 0 aliphatic heterocycles. The summed E-state index contributed by atoms with van der Waals surface area (Å²) in [5, 5.41) is 8.24. The maximum Gasteiger partial charge on any atom is 0.364 e. The lowest BCUT2D eigenvalue weighted by molar-refractivity contribution is -0.144. The Morgan fingerprint density at radius 3 is 2.49 bits per heavy atom. The smallest absolute Gasteiger partial charge is 0.364 e. The summed E-state index contributed by atoms with van der Waals surface area (Å²) in [5.74, 6) is -1.05. The SMILES string of the molecule is CNC(=O)c1ccccc1Sc1ccc2c(/C=C/c3ccccn3)nn(P(=O)(C[C@@H](C)C(=O)OC)Oc3ccc(C)cc3)c2c1. The van der Waals surface area contributed by atoms with Crippen LogP contribution in [-0.4, -0.2) is 46.7 Å². The van der Waals surface area contributed by atoms with Crippen molar-refractivity contribution >= 4 is 54.2 Å². The van der Waals surface area contributed by atoms with E-state index >= 15 is 4.57 Å². The van der Waals surface area contributed by atoms with Gasteiger partial charge in [0.15, 0.2) is 0 Å². The molecule has 0 bridgehead atoms. The fourth-order valence-electron chi connectivity index (χ4n) is 4.70. The molecule has 2 heterocycles. The number of aromatic nitrogens is 3. The first-order valence-electron chi connectivity index (χ1n) is 14.3. The number of carbonyl (C=O) groups is 2. The largest absolute Gasteiger partial charge is 0.469 e. The van der Waals surface area contributed by atoms with Crippen molar-refractivity contribution < 1.29 is 23.4 Å². The van der Waals surface area contributed by atoms with Gasteiger partial charge < -0.3 is 14.6 Å². The Kier molecular flexibility index (Phi) is 9.86. The normalized spacial score (nSPS) is 13.3. The number of rotatable bonds is 11. The maximum absolute atomic E-state index is 15.0. The molecule has 2 atom stereocenters. The number of nitrogens with one attached hydrogen (secondary N) is 1. The minimum absolute atomic E-state index is 0.148. The molecule has 5 rings (SSSR count). The van der Waals surface area contributed by atoms with Crippen molar-refractivity contribution in [2.75, 3.05) is 20.3 Å². The van der Waals surface area contributed by atoms with E-state index in [0.29, 0.717) is 22.5 Å². The Labute approximate surface area is 266 Å². The number of aryl methyl sites for hydroxylation is 1. The summed E-state index contributed by atoms with van der Waals surface area (Å²) >= 11 is 1.40. The molecule has 1 N–H and O–H groups in total. The van der Waals surface area contributed by atoms with Crippen molar-refractivity contribution in [1.29, 1.82) is 0 Å². The second-order valence-corrected chi connectivity index (χ2v) is 13.7. The molecule has 9 nitrogen and oxygen atoms in total. The van der Waals surface area contributed by atoms with E-state index in [1.54, 1.807) is 38.4 Å². The molecular formula is C34H33N4O5PS. The van der Waals surface area contributed by atoms with Gasteiger partial charge in [-0.3, -0.25) is 19.1 Å². The summed E-state index contributed by atoms with van der Waals surface area (Å²) in [6, 6.07) is 25.9. The van der Waals surface area contributed by atoms with Crippen LogP contribution in [0.4, 0.5) is 0 Å². The monoisotopic (exact) mass is 640 g/mol. The van der Waals surface area contributed by atoms with Crippen molar-refractivity contribution in [1.82, 2.24) is 19.9 Å². The third-order valence-electron chi connectivity index (χ3n) is 7.02. The van der Waals surface area contributed by atoms with Crippen LogP contribution >= 0.6 is 19.3 Å². The molecule has 0 aliphatic carbocycles. The molecule has 2 aromatic heterocycles. The number of hydrogen-bond acceptors (Lipinski definition) is 8. The van der Waals surface area contributed by atoms with Crippen LogP contribution in [0.5, 0.6) is 5.75 Å². The van der Waals surface area contributed by atoms with Gasteiger partial charge in [0.2, 0.25) is 0 Å². The minimum atomic E-state index is -3.90. The topological polar surface area (TPSA) is 112 Å². The maximum atomic E-state index is 15.0. The summed E-state index contributed by atoms with van der Waals surface area (Å²) in [4.78, 5) is 31.0. The predicted molar refractivity (Wildman–Crippen MR) is 178 cm³/mol. The summed E-state index contributed by atoms with van der Waals surface area (Å²) in [7, 11) is -1.01. The number of nitrogens with zero attached hydrogens (tertiary/aromatic N) is 3. The van der Waals surface area contributed by atoms with E-state index in [9.17, 15) is 9.59 Å². The Morgan fingerprint density at radius 1 is 1.02 bits per heavy atom. The van der Waals surface area contributed by atoms with Crippen molar-refractivity contribution in [2.45, 2.75) is 23.6 Å². The van der Waals surface area contributed by atoms with E-state index in [4.69, 9.17) is 14.4 Å². The van der Waals surface area contributed by atoms with Crippen LogP contribution in [0, 0.1) is 12.8 Å². The molecule has 0 saturated carbocycles. The van der Waals surface area contributed by atoms with Gasteiger partial charge >= 0.3 is 13.5 Å². The van der Waals surface area contributed by atoms with E-state index in [-0.39, 0.29) is 12.1 Å². The lowest BCUT2D eigenvalue weighted by Crippen LogP contribution is -2.21. The van der Waals surface area contributed by atoms with Crippen LogP contribution in [-0.2, 0) is 14.1 Å². The van der Waals surface area contributed by atoms with E-state index < -0.39 is 19.4 Å². The third-order valence-corrected chi connectivity index (χ3v) is 10.5. The minimum Gasteiger partial charge on any atom is -0.469 e. The van der Waals surface area contributed by atoms with Crippen LogP contribution in [0.2, 0.25) is 0 Å². The fourth-order valence-corrected chi connectivity index (χ4v) is 8.01. The first-order chi connectivity index (χ1) is 21.7. The van der Waals surface area contributed by atoms with E-state index in [2.05, 4.69) is 10.3 Å². The molecule has 0 radical (unpaired) electrons. The number of esters is 1. The number of fused-ring (bicyclic) bond motifs is 1. The number of hydrogen-bond donors (Lipinski definition) is 1. The first kappa shape index (κ1) is 31.8. The van der Waals surface area contributed by atoms with Gasteiger partial charge in [0.05, 0.1) is 41.7 Å². The summed E-state index contributed by atoms with van der Waals surface area (Å²) in [6.45, 7) is 3.60. The van der Waals surface area contributed by atoms with E-state index in [0.717, 1.165) is 26.4 Å². The average Bonchev–Trinajstić information content (AvgIpc) is 3.43. The number of amides is 1. The molecule has 45 heavy (non-hydrogen) atoms. The zero-order chi connectivity index (χ0) is 32.0. The predicted octanol–water partition coefficient (Wildman–Crippen LogP) is 7.35. The fraction of sp³-hybridized carbons (Fsp3) is 0.176. The van der Waals surface area contributed by atoms with Gasteiger partial charge in [0.25, 0.3) is 5.91 Å². The Hall–Kier alpha value is -4.66. The van der Waals surface area contributed by atoms with Gasteiger partial charge in [-0.1, -0.05) is 54.6 Å². The molecule has 0 aliphatic rings. The molecule has 230 valence electrons. The molecule has 3 aromatic carbocycles. The Morgan fingerprint density at radius 2 is 1.78 bits per heavy atom. The van der Waals surface area contributed by atoms with Gasteiger partial charge in [-0.2, -0.15) is 9.55 Å². The molecule has 0 fully saturated rings. The molecular weight excluding hydrogens is 607 g/mol. The molecule has 1 unspecified atom stereocenters. The lowest BCUT2D eigenvalue weighted by atomic mass is 10.2. The molecule has 5 aromatic rings. The standard InChI is InChI=1S/C34H33N4O5PS/c1-23-12-15-26(16-13-23)43-44(41,22-24(2)34(40)42-4)38-31-21-27(45-32-11-6-5-10-29(32)33(39)35-3)17-18-28(31)30(37-38)19-14-25-9-7-8-20-36-25/h5-21,24H,22H2,1-4H3,(H,35,39)/b19-14+/t24-,44?/m1/s1. The highest BCUT2D eigenvalue weighted by Crippen LogP contribution is 2.52. The van der Waals surface area contributed by atoms with Crippen LogP contribution < -0.4 is 9.84 Å². The number of carbonyl (C=O) groups excluding carboxylic acids is 2. The van der Waals surface area contributed by atoms with Gasteiger partial charge in [0, 0.05) is 28.4 Å². The van der Waals surface area contributed by atoms with Crippen molar-refractivity contribution in [3.05, 3.63) is 114 Å². The molecule has 0 saturated heterocycles. The average molecular weight is 641 g/mol. The van der Waals surface area contributed by atoms with Crippen molar-refractivity contribution in [3.63, 3.8) is 0 Å². The van der Waals surface area contributed by atoms with Gasteiger partial charge in [-0.05, 0) is 73.7 Å². The van der Waals surface area contributed by atoms with Crippen LogP contribution in [0.1, 0.15) is 34.2 Å². The quantitative estimate of drug-likeness (QED) is 0.118. The summed E-state index contributed by atoms with van der Waals surface area (Å²) in [6.07, 6.45) is 5.20. The van der Waals surface area contributed by atoms with Crippen molar-refractivity contribution in [3.8, 4) is 5.75 Å². The summed E-state index contributed by atoms with van der Waals surface area (Å²) < 4.78 is 27.7. The molecule has 11 heteroatoms. The Balaban J connectivity index is 1.67. The highest BCUT2D eigenvalue weighted by Gasteiger charge is 2.36. The Bertz CT molecular complexity index is 1910. The number of pyridine rings is 1. The van der Waals surface area contributed by atoms with Crippen LogP contribution in [0.25, 0.3) is 23.1 Å². The molecule has 1 amide bonds. The first-order valence-corrected chi connectivity index (χ1v) is 16.8. The highest BCUT2D eigenvalue weighted by atomic mass is 32.2. The highest BCUT2D eigenvalue weighted by molar-refractivity contribution is 7.99. The number of methoxy groups -OCH3 is 1. The second kappa shape index (κ2) is 14.0. The zero-order valence-electron chi connectivity index (χ0n) is 25.3. The van der Waals surface area contributed by atoms with E-state index in [1.165, 1.54) is 23.3 Å². The summed E-state index contributed by atoms with van der Waals surface area (Å²) in [5.41, 5.74) is 3.39. The van der Waals surface area contributed by atoms with Crippen LogP contribution in [0.15, 0.2) is 101 Å². The lowest BCUT2D eigenvalue weighted by Gasteiger charge is -2.23. The van der Waals surface area contributed by atoms with E-state index in [1.807, 2.05) is 85.8 Å². The van der Waals surface area contributed by atoms with Gasteiger partial charge in [-0.15, -0.1) is 0 Å². The van der Waals surface area contributed by atoms with Crippen LogP contribution in [0.3, 0.4) is 0 Å². The number of ether oxygens (including phenoxy) is 1. The third kappa shape index (κ3) is 7.36. The van der Waals surface area contributed by atoms with Gasteiger partial charge in [-0.25, -0.2) is 0 Å². The number of benzene rings is 3. The van der Waals surface area contributed by atoms with Crippen molar-refractivity contribution in [2.24, 2.45) is 5.92 Å².